The van der Waals surface area contributed by atoms with Crippen molar-refractivity contribution < 1.29 is 13.7 Å². The molecule has 1 heterocycles. The molecule has 0 bridgehead atoms. The zero-order valence-electron chi connectivity index (χ0n) is 28.6. The molecule has 0 spiro atoms. The SMILES string of the molecule is C[C@H](CCB1OC(C)(C)C(C)(C)O1)[C@H]1CC[C@H]2[C@@H]3CC[C@@H]4C[C@@H](O[Si](C)(C)C(C)(C)C)CC[C@]4(C)[C@H]3CC[C@]12C. The molecular formula is C35H65BO3Si. The van der Waals surface area contributed by atoms with Gasteiger partial charge in [-0.15, -0.1) is 0 Å². The first-order valence-electron chi connectivity index (χ1n) is 17.3. The second kappa shape index (κ2) is 10.4. The fourth-order valence-electron chi connectivity index (χ4n) is 10.6. The molecule has 5 fully saturated rings. The van der Waals surface area contributed by atoms with Crippen molar-refractivity contribution in [3.05, 3.63) is 0 Å². The Morgan fingerprint density at radius 3 is 2.05 bits per heavy atom. The van der Waals surface area contributed by atoms with Gasteiger partial charge in [-0.2, -0.15) is 0 Å². The first kappa shape index (κ1) is 31.6. The third-order valence-electron chi connectivity index (χ3n) is 14.8. The Morgan fingerprint density at radius 1 is 0.825 bits per heavy atom. The summed E-state index contributed by atoms with van der Waals surface area (Å²) in [5.41, 5.74) is 0.643. The Bertz CT molecular complexity index is 910. The number of hydrogen-bond donors (Lipinski definition) is 0. The van der Waals surface area contributed by atoms with E-state index in [9.17, 15) is 0 Å². The highest BCUT2D eigenvalue weighted by Gasteiger charge is 2.61. The van der Waals surface area contributed by atoms with Crippen molar-refractivity contribution in [3.63, 3.8) is 0 Å². The predicted octanol–water partition coefficient (Wildman–Crippen LogP) is 10.2. The Hall–Kier alpha value is 0.162. The third-order valence-corrected chi connectivity index (χ3v) is 19.3. The Labute approximate surface area is 250 Å². The number of hydrogen-bond acceptors (Lipinski definition) is 3. The summed E-state index contributed by atoms with van der Waals surface area (Å²) in [6.07, 6.45) is 15.6. The lowest BCUT2D eigenvalue weighted by atomic mass is 9.44. The quantitative estimate of drug-likeness (QED) is 0.296. The van der Waals surface area contributed by atoms with Crippen molar-refractivity contribution in [3.8, 4) is 0 Å². The van der Waals surface area contributed by atoms with Gasteiger partial charge in [0.25, 0.3) is 0 Å². The molecule has 1 aliphatic heterocycles. The van der Waals surface area contributed by atoms with Gasteiger partial charge in [0, 0.05) is 6.10 Å². The summed E-state index contributed by atoms with van der Waals surface area (Å²) in [5, 5.41) is 0.305. The van der Waals surface area contributed by atoms with Crippen molar-refractivity contribution in [2.24, 2.45) is 46.3 Å². The van der Waals surface area contributed by atoms with Crippen LogP contribution in [0.5, 0.6) is 0 Å². The molecule has 1 saturated heterocycles. The normalized spacial score (nSPS) is 43.6. The van der Waals surface area contributed by atoms with Crippen LogP contribution in [0.15, 0.2) is 0 Å². The van der Waals surface area contributed by atoms with Crippen LogP contribution in [0.4, 0.5) is 0 Å². The number of rotatable bonds is 6. The summed E-state index contributed by atoms with van der Waals surface area (Å²) in [4.78, 5) is 0. The lowest BCUT2D eigenvalue weighted by Gasteiger charge is -2.61. The van der Waals surface area contributed by atoms with E-state index in [1.54, 1.807) is 0 Å². The molecule has 40 heavy (non-hydrogen) atoms. The molecule has 9 atom stereocenters. The van der Waals surface area contributed by atoms with Crippen LogP contribution in [-0.4, -0.2) is 32.7 Å². The van der Waals surface area contributed by atoms with Gasteiger partial charge in [-0.3, -0.25) is 0 Å². The highest BCUT2D eigenvalue weighted by molar-refractivity contribution is 6.74. The van der Waals surface area contributed by atoms with Crippen LogP contribution in [0.1, 0.15) is 133 Å². The molecule has 4 aliphatic carbocycles. The van der Waals surface area contributed by atoms with Gasteiger partial charge in [-0.25, -0.2) is 0 Å². The summed E-state index contributed by atoms with van der Waals surface area (Å²) >= 11 is 0. The first-order valence-corrected chi connectivity index (χ1v) is 20.2. The van der Waals surface area contributed by atoms with Crippen LogP contribution in [-0.2, 0) is 13.7 Å². The Balaban J connectivity index is 1.21. The maximum absolute atomic E-state index is 7.00. The zero-order valence-corrected chi connectivity index (χ0v) is 29.6. The molecule has 0 amide bonds. The minimum Gasteiger partial charge on any atom is -0.414 e. The van der Waals surface area contributed by atoms with Crippen molar-refractivity contribution in [1.29, 1.82) is 0 Å². The molecular weight excluding hydrogens is 507 g/mol. The van der Waals surface area contributed by atoms with E-state index in [0.29, 0.717) is 22.0 Å². The van der Waals surface area contributed by atoms with E-state index >= 15 is 0 Å². The molecule has 0 unspecified atom stereocenters. The lowest BCUT2D eigenvalue weighted by molar-refractivity contribution is -0.127. The molecule has 4 saturated carbocycles. The van der Waals surface area contributed by atoms with E-state index in [-0.39, 0.29) is 18.3 Å². The van der Waals surface area contributed by atoms with Crippen molar-refractivity contribution in [2.75, 3.05) is 0 Å². The minimum absolute atomic E-state index is 0.0424. The van der Waals surface area contributed by atoms with E-state index < -0.39 is 8.32 Å². The molecule has 5 heteroatoms. The van der Waals surface area contributed by atoms with Gasteiger partial charge in [0.15, 0.2) is 8.32 Å². The van der Waals surface area contributed by atoms with E-state index in [4.69, 9.17) is 13.7 Å². The average molecular weight is 573 g/mol. The van der Waals surface area contributed by atoms with Crippen LogP contribution in [0.3, 0.4) is 0 Å². The summed E-state index contributed by atoms with van der Waals surface area (Å²) in [6, 6.07) is 0. The fourth-order valence-corrected chi connectivity index (χ4v) is 12.0. The van der Waals surface area contributed by atoms with Crippen LogP contribution in [0.2, 0.25) is 24.5 Å². The van der Waals surface area contributed by atoms with Gasteiger partial charge in [0.05, 0.1) is 11.2 Å². The zero-order chi connectivity index (χ0) is 29.5. The molecule has 0 radical (unpaired) electrons. The Kier molecular flexibility index (Phi) is 8.19. The summed E-state index contributed by atoms with van der Waals surface area (Å²) < 4.78 is 19.7. The van der Waals surface area contributed by atoms with E-state index in [2.05, 4.69) is 82.3 Å². The second-order valence-electron chi connectivity index (χ2n) is 18.4. The smallest absolute Gasteiger partial charge is 0.414 e. The van der Waals surface area contributed by atoms with Gasteiger partial charge in [-0.1, -0.05) is 48.0 Å². The molecule has 5 aliphatic rings. The first-order chi connectivity index (χ1) is 18.3. The predicted molar refractivity (Wildman–Crippen MR) is 172 cm³/mol. The standard InChI is InChI=1S/C35H65BO3Si/c1-24(19-22-36-38-32(5,6)33(7,8)39-36)28-15-16-29-27-14-13-25-23-26(37-40(11,12)31(2,3)4)17-20-34(25,9)30(27)18-21-35(28,29)10/h24-30H,13-23H2,1-12H3/t24-,25-,26+,27+,28-,29+,30+,34+,35-/m1/s1. The van der Waals surface area contributed by atoms with Crippen LogP contribution >= 0.6 is 0 Å². The molecule has 0 aromatic heterocycles. The van der Waals surface area contributed by atoms with Gasteiger partial charge in [-0.05, 0) is 156 Å². The second-order valence-corrected chi connectivity index (χ2v) is 23.2. The van der Waals surface area contributed by atoms with Crippen molar-refractivity contribution >= 4 is 15.4 Å². The topological polar surface area (TPSA) is 27.7 Å². The monoisotopic (exact) mass is 572 g/mol. The molecule has 3 nitrogen and oxygen atoms in total. The van der Waals surface area contributed by atoms with Gasteiger partial charge >= 0.3 is 7.12 Å². The van der Waals surface area contributed by atoms with Gasteiger partial charge in [0.1, 0.15) is 0 Å². The van der Waals surface area contributed by atoms with E-state index in [1.807, 2.05) is 0 Å². The molecule has 5 rings (SSSR count). The summed E-state index contributed by atoms with van der Waals surface area (Å²) in [6.45, 7) is 28.8. The molecule has 0 N–H and O–H groups in total. The number of fused-ring (bicyclic) bond motifs is 5. The molecule has 0 aromatic rings. The van der Waals surface area contributed by atoms with E-state index in [0.717, 1.165) is 41.8 Å². The van der Waals surface area contributed by atoms with E-state index in [1.165, 1.54) is 64.2 Å². The van der Waals surface area contributed by atoms with Crippen molar-refractivity contribution in [2.45, 2.75) is 175 Å². The van der Waals surface area contributed by atoms with Crippen LogP contribution in [0, 0.1) is 46.3 Å². The Morgan fingerprint density at radius 2 is 1.43 bits per heavy atom. The molecule has 0 aromatic carbocycles. The highest BCUT2D eigenvalue weighted by atomic mass is 28.4. The largest absolute Gasteiger partial charge is 0.457 e. The maximum Gasteiger partial charge on any atom is 0.457 e. The van der Waals surface area contributed by atoms with Gasteiger partial charge in [0.2, 0.25) is 0 Å². The van der Waals surface area contributed by atoms with Crippen LogP contribution < -0.4 is 0 Å². The summed E-state index contributed by atoms with van der Waals surface area (Å²) in [7, 11) is -1.74. The summed E-state index contributed by atoms with van der Waals surface area (Å²) in [5.74, 6) is 5.32. The lowest BCUT2D eigenvalue weighted by Crippen LogP contribution is -2.55. The average Bonchev–Trinajstić information content (AvgIpc) is 3.28. The minimum atomic E-state index is -1.70. The fraction of sp³-hybridized carbons (Fsp3) is 1.00. The third kappa shape index (κ3) is 5.25. The molecule has 230 valence electrons. The van der Waals surface area contributed by atoms with Crippen molar-refractivity contribution in [1.82, 2.24) is 0 Å². The van der Waals surface area contributed by atoms with Crippen LogP contribution in [0.25, 0.3) is 0 Å². The van der Waals surface area contributed by atoms with Gasteiger partial charge < -0.3 is 13.7 Å². The maximum atomic E-state index is 7.00. The highest BCUT2D eigenvalue weighted by Crippen LogP contribution is 2.68.